The molecule has 1 heterocycles. The Balaban J connectivity index is 2.79. The lowest BCUT2D eigenvalue weighted by Crippen LogP contribution is -1.74. The maximum Gasteiger partial charge on any atom is 0.0383 e. The first-order valence-corrected chi connectivity index (χ1v) is 5.43. The number of hydrogen-bond donors (Lipinski definition) is 0. The summed E-state index contributed by atoms with van der Waals surface area (Å²) < 4.78 is 1.41. The molecule has 0 saturated carbocycles. The molecule has 0 radical (unpaired) electrons. The van der Waals surface area contributed by atoms with Gasteiger partial charge in [0.2, 0.25) is 0 Å². The summed E-state index contributed by atoms with van der Waals surface area (Å²) in [5.41, 5.74) is 1.39. The van der Waals surface area contributed by atoms with Crippen LogP contribution in [0.1, 0.15) is 5.56 Å². The Morgan fingerprint density at radius 2 is 2.18 bits per heavy atom. The van der Waals surface area contributed by atoms with Crippen molar-refractivity contribution in [2.24, 2.45) is 0 Å². The van der Waals surface area contributed by atoms with Gasteiger partial charge < -0.3 is 0 Å². The Bertz CT molecular complexity index is 364. The van der Waals surface area contributed by atoms with E-state index in [0.717, 1.165) is 5.33 Å². The summed E-state index contributed by atoms with van der Waals surface area (Å²) in [6.07, 6.45) is 0. The van der Waals surface area contributed by atoms with Gasteiger partial charge in [-0.3, -0.25) is 0 Å². The second-order valence-electron chi connectivity index (χ2n) is 2.39. The number of hydrogen-bond acceptors (Lipinski definition) is 1. The van der Waals surface area contributed by atoms with E-state index < -0.39 is 0 Å². The Kier molecular flexibility index (Phi) is 1.96. The molecule has 56 valence electrons. The average Bonchev–Trinajstić information content (AvgIpc) is 2.50. The predicted molar refractivity (Wildman–Crippen MR) is 54.5 cm³/mol. The van der Waals surface area contributed by atoms with E-state index in [0.29, 0.717) is 0 Å². The molecule has 0 N–H and O–H groups in total. The molecule has 0 unspecified atom stereocenters. The Morgan fingerprint density at radius 1 is 1.27 bits per heavy atom. The minimum Gasteiger partial charge on any atom is -0.143 e. The number of fused-ring (bicyclic) bond motifs is 1. The topological polar surface area (TPSA) is 0 Å². The molecule has 2 heteroatoms. The molecule has 0 atom stereocenters. The first kappa shape index (κ1) is 7.32. The first-order chi connectivity index (χ1) is 5.42. The van der Waals surface area contributed by atoms with E-state index in [-0.39, 0.29) is 0 Å². The van der Waals surface area contributed by atoms with Crippen LogP contribution >= 0.6 is 27.3 Å². The number of thiophene rings is 1. The number of rotatable bonds is 1. The Hall–Kier alpha value is -0.340. The molecule has 0 amide bonds. The van der Waals surface area contributed by atoms with Crippen molar-refractivity contribution >= 4 is 37.4 Å². The minimum atomic E-state index is 0.949. The first-order valence-electron chi connectivity index (χ1n) is 3.43. The SMILES string of the molecule is BrCc1cccc2ccsc12. The van der Waals surface area contributed by atoms with Gasteiger partial charge in [-0.25, -0.2) is 0 Å². The molecular weight excluding hydrogens is 220 g/mol. The molecule has 0 aliphatic rings. The summed E-state index contributed by atoms with van der Waals surface area (Å²) in [6.45, 7) is 0. The molecule has 0 nitrogen and oxygen atoms in total. The zero-order valence-corrected chi connectivity index (χ0v) is 8.28. The molecule has 2 rings (SSSR count). The molecular formula is C9H7BrS. The summed E-state index contributed by atoms with van der Waals surface area (Å²) in [7, 11) is 0. The van der Waals surface area contributed by atoms with E-state index in [1.165, 1.54) is 15.6 Å². The predicted octanol–water partition coefficient (Wildman–Crippen LogP) is 3.80. The van der Waals surface area contributed by atoms with Crippen molar-refractivity contribution in [2.75, 3.05) is 0 Å². The van der Waals surface area contributed by atoms with E-state index in [1.54, 1.807) is 0 Å². The molecule has 0 bridgehead atoms. The standard InChI is InChI=1S/C9H7BrS/c10-6-8-3-1-2-7-4-5-11-9(7)8/h1-5H,6H2. The molecule has 1 aromatic heterocycles. The van der Waals surface area contributed by atoms with Gasteiger partial charge >= 0.3 is 0 Å². The average molecular weight is 227 g/mol. The second kappa shape index (κ2) is 2.95. The van der Waals surface area contributed by atoms with E-state index in [1.807, 2.05) is 11.3 Å². The zero-order chi connectivity index (χ0) is 7.68. The van der Waals surface area contributed by atoms with Gasteiger partial charge in [-0.15, -0.1) is 11.3 Å². The lowest BCUT2D eigenvalue weighted by Gasteiger charge is -1.95. The van der Waals surface area contributed by atoms with Crippen LogP contribution < -0.4 is 0 Å². The third-order valence-corrected chi connectivity index (χ3v) is 3.31. The van der Waals surface area contributed by atoms with Crippen molar-refractivity contribution < 1.29 is 0 Å². The largest absolute Gasteiger partial charge is 0.143 e. The number of halogens is 1. The van der Waals surface area contributed by atoms with E-state index in [4.69, 9.17) is 0 Å². The van der Waals surface area contributed by atoms with E-state index in [2.05, 4.69) is 45.6 Å². The highest BCUT2D eigenvalue weighted by Crippen LogP contribution is 2.25. The summed E-state index contributed by atoms with van der Waals surface area (Å²) >= 11 is 5.28. The van der Waals surface area contributed by atoms with Crippen molar-refractivity contribution in [3.8, 4) is 0 Å². The van der Waals surface area contributed by atoms with Crippen molar-refractivity contribution in [1.29, 1.82) is 0 Å². The van der Waals surface area contributed by atoms with Crippen LogP contribution in [0.25, 0.3) is 10.1 Å². The molecule has 0 saturated heterocycles. The summed E-state index contributed by atoms with van der Waals surface area (Å²) in [5, 5.41) is 4.44. The van der Waals surface area contributed by atoms with Gasteiger partial charge in [0.25, 0.3) is 0 Å². The number of alkyl halides is 1. The van der Waals surface area contributed by atoms with Crippen LogP contribution in [0.4, 0.5) is 0 Å². The Labute approximate surface area is 78.0 Å². The molecule has 0 aliphatic carbocycles. The highest BCUT2D eigenvalue weighted by Gasteiger charge is 1.98. The van der Waals surface area contributed by atoms with Crippen molar-refractivity contribution in [2.45, 2.75) is 5.33 Å². The van der Waals surface area contributed by atoms with Crippen LogP contribution in [0.3, 0.4) is 0 Å². The molecule has 11 heavy (non-hydrogen) atoms. The highest BCUT2D eigenvalue weighted by molar-refractivity contribution is 9.08. The third-order valence-electron chi connectivity index (χ3n) is 1.70. The van der Waals surface area contributed by atoms with Gasteiger partial charge in [0.1, 0.15) is 0 Å². The lowest BCUT2D eigenvalue weighted by atomic mass is 10.2. The van der Waals surface area contributed by atoms with Gasteiger partial charge in [-0.2, -0.15) is 0 Å². The quantitative estimate of drug-likeness (QED) is 0.650. The molecule has 1 aromatic carbocycles. The fourth-order valence-corrected chi connectivity index (χ4v) is 2.73. The highest BCUT2D eigenvalue weighted by atomic mass is 79.9. The van der Waals surface area contributed by atoms with Crippen LogP contribution in [0.2, 0.25) is 0 Å². The monoisotopic (exact) mass is 226 g/mol. The Morgan fingerprint density at radius 3 is 3.00 bits per heavy atom. The van der Waals surface area contributed by atoms with Crippen LogP contribution in [0, 0.1) is 0 Å². The van der Waals surface area contributed by atoms with E-state index in [9.17, 15) is 0 Å². The van der Waals surface area contributed by atoms with Crippen molar-refractivity contribution in [3.05, 3.63) is 35.2 Å². The van der Waals surface area contributed by atoms with Gasteiger partial charge in [0, 0.05) is 10.0 Å². The maximum absolute atomic E-state index is 3.47. The molecule has 0 spiro atoms. The smallest absolute Gasteiger partial charge is 0.0383 e. The van der Waals surface area contributed by atoms with Gasteiger partial charge in [-0.05, 0) is 22.4 Å². The van der Waals surface area contributed by atoms with E-state index >= 15 is 0 Å². The van der Waals surface area contributed by atoms with Gasteiger partial charge in [0.05, 0.1) is 0 Å². The van der Waals surface area contributed by atoms with Crippen molar-refractivity contribution in [3.63, 3.8) is 0 Å². The van der Waals surface area contributed by atoms with Gasteiger partial charge in [-0.1, -0.05) is 34.1 Å². The fraction of sp³-hybridized carbons (Fsp3) is 0.111. The minimum absolute atomic E-state index is 0.949. The van der Waals surface area contributed by atoms with Crippen molar-refractivity contribution in [1.82, 2.24) is 0 Å². The molecule has 2 aromatic rings. The van der Waals surface area contributed by atoms with Crippen LogP contribution in [0.15, 0.2) is 29.6 Å². The fourth-order valence-electron chi connectivity index (χ4n) is 1.16. The molecule has 0 aliphatic heterocycles. The van der Waals surface area contributed by atoms with Crippen LogP contribution in [-0.2, 0) is 5.33 Å². The van der Waals surface area contributed by atoms with Crippen LogP contribution in [0.5, 0.6) is 0 Å². The van der Waals surface area contributed by atoms with Crippen LogP contribution in [-0.4, -0.2) is 0 Å². The normalized spacial score (nSPS) is 10.6. The summed E-state index contributed by atoms with van der Waals surface area (Å²) in [6, 6.07) is 8.57. The molecule has 0 fully saturated rings. The lowest BCUT2D eigenvalue weighted by molar-refractivity contribution is 1.51. The number of benzene rings is 1. The third kappa shape index (κ3) is 1.21. The second-order valence-corrected chi connectivity index (χ2v) is 3.87. The van der Waals surface area contributed by atoms with Gasteiger partial charge in [0.15, 0.2) is 0 Å². The summed E-state index contributed by atoms with van der Waals surface area (Å²) in [5.74, 6) is 0. The zero-order valence-electron chi connectivity index (χ0n) is 5.88. The summed E-state index contributed by atoms with van der Waals surface area (Å²) in [4.78, 5) is 0. The maximum atomic E-state index is 3.47.